The molecule has 1 aromatic carbocycles. The summed E-state index contributed by atoms with van der Waals surface area (Å²) < 4.78 is 4.89. The molecule has 7 heteroatoms. The number of nitrogens with one attached hydrogen (secondary N) is 2. The fourth-order valence-corrected chi connectivity index (χ4v) is 1.76. The van der Waals surface area contributed by atoms with Gasteiger partial charge in [-0.05, 0) is 24.3 Å². The number of anilines is 1. The van der Waals surface area contributed by atoms with Crippen LogP contribution < -0.4 is 10.1 Å². The lowest BCUT2D eigenvalue weighted by atomic mass is 10.2. The number of ether oxygens (including phenoxy) is 1. The number of carbonyl (C=O) groups is 1. The van der Waals surface area contributed by atoms with Crippen LogP contribution in [0.5, 0.6) is 5.88 Å². The van der Waals surface area contributed by atoms with Crippen LogP contribution in [-0.2, 0) is 0 Å². The third-order valence-electron chi connectivity index (χ3n) is 2.78. The highest BCUT2D eigenvalue weighted by Gasteiger charge is 2.09. The van der Waals surface area contributed by atoms with E-state index in [2.05, 4.69) is 25.7 Å². The summed E-state index contributed by atoms with van der Waals surface area (Å²) in [7, 11) is 1.49. The second-order valence-corrected chi connectivity index (χ2v) is 4.09. The van der Waals surface area contributed by atoms with Gasteiger partial charge < -0.3 is 10.1 Å². The monoisotopic (exact) mass is 269 g/mol. The van der Waals surface area contributed by atoms with E-state index in [9.17, 15) is 4.79 Å². The highest BCUT2D eigenvalue weighted by molar-refractivity contribution is 6.03. The highest BCUT2D eigenvalue weighted by atomic mass is 16.5. The van der Waals surface area contributed by atoms with E-state index >= 15 is 0 Å². The van der Waals surface area contributed by atoms with Crippen molar-refractivity contribution >= 4 is 22.5 Å². The molecule has 0 saturated heterocycles. The average molecular weight is 269 g/mol. The van der Waals surface area contributed by atoms with Gasteiger partial charge in [-0.3, -0.25) is 9.89 Å². The molecule has 2 heterocycles. The molecule has 0 spiro atoms. The SMILES string of the molecule is COc1ccc(C(=O)Nc2ccc3cn[nH]c3c2)nn1. The molecule has 2 aromatic heterocycles. The normalized spacial score (nSPS) is 10.4. The van der Waals surface area contributed by atoms with Gasteiger partial charge in [-0.1, -0.05) is 0 Å². The highest BCUT2D eigenvalue weighted by Crippen LogP contribution is 2.17. The molecule has 0 aliphatic carbocycles. The van der Waals surface area contributed by atoms with E-state index in [-0.39, 0.29) is 11.6 Å². The zero-order valence-corrected chi connectivity index (χ0v) is 10.6. The number of nitrogens with zero attached hydrogens (tertiary/aromatic N) is 3. The standard InChI is InChI=1S/C13H11N5O2/c1-20-12-5-4-10(17-18-12)13(19)15-9-3-2-8-7-14-16-11(8)6-9/h2-7H,1H3,(H,14,16)(H,15,19). The first-order valence-electron chi connectivity index (χ1n) is 5.88. The van der Waals surface area contributed by atoms with E-state index in [4.69, 9.17) is 4.74 Å². The predicted octanol–water partition coefficient (Wildman–Crippen LogP) is 1.61. The summed E-state index contributed by atoms with van der Waals surface area (Å²) >= 11 is 0. The summed E-state index contributed by atoms with van der Waals surface area (Å²) in [5.74, 6) is 0.0273. The van der Waals surface area contributed by atoms with Gasteiger partial charge in [0.05, 0.1) is 18.8 Å². The minimum absolute atomic E-state index is 0.218. The van der Waals surface area contributed by atoms with Crippen LogP contribution in [0, 0.1) is 0 Å². The van der Waals surface area contributed by atoms with Crippen molar-refractivity contribution < 1.29 is 9.53 Å². The minimum atomic E-state index is -0.334. The number of fused-ring (bicyclic) bond motifs is 1. The molecule has 0 saturated carbocycles. The van der Waals surface area contributed by atoms with Gasteiger partial charge in [-0.25, -0.2) is 0 Å². The van der Waals surface area contributed by atoms with Crippen LogP contribution in [0.2, 0.25) is 0 Å². The van der Waals surface area contributed by atoms with Gasteiger partial charge in [0, 0.05) is 17.1 Å². The van der Waals surface area contributed by atoms with Crippen LogP contribution in [0.1, 0.15) is 10.5 Å². The Bertz CT molecular complexity index is 751. The number of rotatable bonds is 3. The predicted molar refractivity (Wildman–Crippen MR) is 72.6 cm³/mol. The van der Waals surface area contributed by atoms with E-state index in [1.807, 2.05) is 6.07 Å². The summed E-state index contributed by atoms with van der Waals surface area (Å²) in [5, 5.41) is 18.0. The molecular weight excluding hydrogens is 258 g/mol. The third-order valence-corrected chi connectivity index (χ3v) is 2.78. The molecule has 0 aliphatic rings. The number of amides is 1. The summed E-state index contributed by atoms with van der Waals surface area (Å²) in [6.45, 7) is 0. The van der Waals surface area contributed by atoms with Gasteiger partial charge in [0.1, 0.15) is 0 Å². The Morgan fingerprint density at radius 1 is 1.25 bits per heavy atom. The maximum Gasteiger partial charge on any atom is 0.276 e. The average Bonchev–Trinajstić information content (AvgIpc) is 2.95. The molecule has 0 fully saturated rings. The Balaban J connectivity index is 1.80. The third kappa shape index (κ3) is 2.28. The van der Waals surface area contributed by atoms with Crippen molar-refractivity contribution in [3.8, 4) is 5.88 Å². The molecule has 100 valence electrons. The zero-order valence-electron chi connectivity index (χ0n) is 10.6. The van der Waals surface area contributed by atoms with Crippen molar-refractivity contribution in [2.45, 2.75) is 0 Å². The van der Waals surface area contributed by atoms with E-state index in [1.165, 1.54) is 7.11 Å². The van der Waals surface area contributed by atoms with Gasteiger partial charge in [0.15, 0.2) is 5.69 Å². The van der Waals surface area contributed by atoms with Gasteiger partial charge in [-0.2, -0.15) is 5.10 Å². The molecular formula is C13H11N5O2. The van der Waals surface area contributed by atoms with Crippen molar-refractivity contribution in [2.24, 2.45) is 0 Å². The fourth-order valence-electron chi connectivity index (χ4n) is 1.76. The molecule has 1 amide bonds. The lowest BCUT2D eigenvalue weighted by Gasteiger charge is -2.04. The quantitative estimate of drug-likeness (QED) is 0.753. The van der Waals surface area contributed by atoms with Crippen molar-refractivity contribution in [1.82, 2.24) is 20.4 Å². The Hall–Kier alpha value is -2.96. The number of H-pyrrole nitrogens is 1. The lowest BCUT2D eigenvalue weighted by Crippen LogP contribution is -2.14. The number of benzene rings is 1. The van der Waals surface area contributed by atoms with Crippen LogP contribution in [0.4, 0.5) is 5.69 Å². The summed E-state index contributed by atoms with van der Waals surface area (Å²) in [6.07, 6.45) is 1.72. The smallest absolute Gasteiger partial charge is 0.276 e. The van der Waals surface area contributed by atoms with E-state index in [0.717, 1.165) is 10.9 Å². The largest absolute Gasteiger partial charge is 0.480 e. The van der Waals surface area contributed by atoms with Crippen LogP contribution in [0.15, 0.2) is 36.5 Å². The van der Waals surface area contributed by atoms with Crippen molar-refractivity contribution in [3.05, 3.63) is 42.2 Å². The molecule has 0 radical (unpaired) electrons. The molecule has 0 unspecified atom stereocenters. The first kappa shape index (κ1) is 12.1. The summed E-state index contributed by atoms with van der Waals surface area (Å²) in [5.41, 5.74) is 1.73. The maximum absolute atomic E-state index is 12.0. The van der Waals surface area contributed by atoms with Crippen LogP contribution in [-0.4, -0.2) is 33.4 Å². The number of hydrogen-bond acceptors (Lipinski definition) is 5. The second kappa shape index (κ2) is 4.96. The Kier molecular flexibility index (Phi) is 3.00. The molecule has 2 N–H and O–H groups in total. The summed E-state index contributed by atoms with van der Waals surface area (Å²) in [6, 6.07) is 8.61. The fraction of sp³-hybridized carbons (Fsp3) is 0.0769. The van der Waals surface area contributed by atoms with Crippen molar-refractivity contribution in [2.75, 3.05) is 12.4 Å². The van der Waals surface area contributed by atoms with E-state index < -0.39 is 0 Å². The van der Waals surface area contributed by atoms with Crippen molar-refractivity contribution in [1.29, 1.82) is 0 Å². The van der Waals surface area contributed by atoms with Gasteiger partial charge >= 0.3 is 0 Å². The topological polar surface area (TPSA) is 92.8 Å². The van der Waals surface area contributed by atoms with E-state index in [0.29, 0.717) is 11.6 Å². The van der Waals surface area contributed by atoms with Crippen molar-refractivity contribution in [3.63, 3.8) is 0 Å². The molecule has 0 bridgehead atoms. The Labute approximate surface area is 114 Å². The Morgan fingerprint density at radius 2 is 2.15 bits per heavy atom. The van der Waals surface area contributed by atoms with Gasteiger partial charge in [-0.15, -0.1) is 10.2 Å². The number of carbonyl (C=O) groups excluding carboxylic acids is 1. The zero-order chi connectivity index (χ0) is 13.9. The van der Waals surface area contributed by atoms with Gasteiger partial charge in [0.2, 0.25) is 5.88 Å². The van der Waals surface area contributed by atoms with Crippen LogP contribution in [0.3, 0.4) is 0 Å². The van der Waals surface area contributed by atoms with Crippen LogP contribution in [0.25, 0.3) is 10.9 Å². The maximum atomic E-state index is 12.0. The van der Waals surface area contributed by atoms with E-state index in [1.54, 1.807) is 30.5 Å². The minimum Gasteiger partial charge on any atom is -0.480 e. The first-order valence-corrected chi connectivity index (χ1v) is 5.88. The second-order valence-electron chi connectivity index (χ2n) is 4.09. The number of aromatic amines is 1. The lowest BCUT2D eigenvalue weighted by molar-refractivity contribution is 0.102. The number of methoxy groups -OCH3 is 1. The number of hydrogen-bond donors (Lipinski definition) is 2. The molecule has 20 heavy (non-hydrogen) atoms. The Morgan fingerprint density at radius 3 is 2.90 bits per heavy atom. The molecule has 3 aromatic rings. The van der Waals surface area contributed by atoms with Crippen LogP contribution >= 0.6 is 0 Å². The molecule has 0 aliphatic heterocycles. The number of aromatic nitrogens is 4. The first-order chi connectivity index (χ1) is 9.76. The molecule has 7 nitrogen and oxygen atoms in total. The molecule has 3 rings (SSSR count). The molecule has 0 atom stereocenters. The summed E-state index contributed by atoms with van der Waals surface area (Å²) in [4.78, 5) is 12.0. The van der Waals surface area contributed by atoms with Gasteiger partial charge in [0.25, 0.3) is 5.91 Å².